The Hall–Kier alpha value is -1.42. The predicted octanol–water partition coefficient (Wildman–Crippen LogP) is 2.21. The van der Waals surface area contributed by atoms with Gasteiger partial charge in [-0.25, -0.2) is 0 Å². The maximum Gasteiger partial charge on any atom is 0.241 e. The maximum absolute atomic E-state index is 11.0. The molecule has 2 aliphatic rings. The summed E-state index contributed by atoms with van der Waals surface area (Å²) in [5.74, 6) is 0.510. The van der Waals surface area contributed by atoms with Crippen molar-refractivity contribution < 1.29 is 4.79 Å². The van der Waals surface area contributed by atoms with Gasteiger partial charge in [0, 0.05) is 11.6 Å². The molecule has 1 fully saturated rings. The molecule has 0 spiro atoms. The summed E-state index contributed by atoms with van der Waals surface area (Å²) in [6.07, 6.45) is 16.8. The normalized spacial score (nSPS) is 26.5. The number of hydrogen-bond donors (Lipinski definition) is 2. The quantitative estimate of drug-likeness (QED) is 0.557. The summed E-state index contributed by atoms with van der Waals surface area (Å²) in [4.78, 5) is 15.3. The van der Waals surface area contributed by atoms with E-state index >= 15 is 0 Å². The number of nitrogens with one attached hydrogen (secondary N) is 1. The number of nitrogens with two attached hydrogens (primary N) is 1. The summed E-state index contributed by atoms with van der Waals surface area (Å²) in [6, 6.07) is 0. The molecule has 0 aromatic heterocycles. The van der Waals surface area contributed by atoms with Crippen molar-refractivity contribution in [2.24, 2.45) is 22.1 Å². The summed E-state index contributed by atoms with van der Waals surface area (Å²) >= 11 is 0. The molecule has 116 valence electrons. The van der Waals surface area contributed by atoms with Crippen LogP contribution in [0.1, 0.15) is 38.5 Å². The van der Waals surface area contributed by atoms with Crippen LogP contribution in [0.3, 0.4) is 0 Å². The zero-order valence-electron chi connectivity index (χ0n) is 12.8. The monoisotopic (exact) mass is 289 g/mol. The fraction of sp³-hybridized carbons (Fsp3) is 0.647. The molecule has 4 nitrogen and oxygen atoms in total. The van der Waals surface area contributed by atoms with E-state index in [-0.39, 0.29) is 11.3 Å². The third-order valence-corrected chi connectivity index (χ3v) is 4.55. The van der Waals surface area contributed by atoms with Gasteiger partial charge < -0.3 is 11.1 Å². The molecule has 0 aromatic carbocycles. The lowest BCUT2D eigenvalue weighted by atomic mass is 9.80. The van der Waals surface area contributed by atoms with Crippen molar-refractivity contribution >= 4 is 12.1 Å². The van der Waals surface area contributed by atoms with Gasteiger partial charge in [0.25, 0.3) is 0 Å². The van der Waals surface area contributed by atoms with Gasteiger partial charge in [0.15, 0.2) is 0 Å². The van der Waals surface area contributed by atoms with Gasteiger partial charge in [0.05, 0.1) is 6.54 Å². The first-order chi connectivity index (χ1) is 10.2. The molecule has 1 amide bonds. The van der Waals surface area contributed by atoms with Crippen molar-refractivity contribution in [2.75, 3.05) is 19.6 Å². The molecule has 1 unspecified atom stereocenters. The van der Waals surface area contributed by atoms with Gasteiger partial charge in [0.2, 0.25) is 5.91 Å². The molecule has 0 aromatic rings. The first-order valence-corrected chi connectivity index (χ1v) is 8.07. The zero-order chi connectivity index (χ0) is 15.0. The van der Waals surface area contributed by atoms with E-state index in [0.29, 0.717) is 0 Å². The topological polar surface area (TPSA) is 67.5 Å². The van der Waals surface area contributed by atoms with E-state index in [4.69, 9.17) is 5.73 Å². The summed E-state index contributed by atoms with van der Waals surface area (Å²) in [7, 11) is 0. The van der Waals surface area contributed by atoms with Gasteiger partial charge in [0.1, 0.15) is 0 Å². The van der Waals surface area contributed by atoms with Gasteiger partial charge in [-0.3, -0.25) is 9.79 Å². The Morgan fingerprint density at radius 3 is 2.86 bits per heavy atom. The molecular weight excluding hydrogens is 262 g/mol. The summed E-state index contributed by atoms with van der Waals surface area (Å²) in [5, 5.41) is 3.41. The molecule has 2 aliphatic heterocycles. The Morgan fingerprint density at radius 1 is 1.38 bits per heavy atom. The molecule has 21 heavy (non-hydrogen) atoms. The van der Waals surface area contributed by atoms with E-state index in [0.717, 1.165) is 18.9 Å². The summed E-state index contributed by atoms with van der Waals surface area (Å²) < 4.78 is 0. The standard InChI is InChI=1S/C17H27N3O/c18-16(21)5-10-17(9-3-11-20-14-17)8-2-1-4-15-6-12-19-13-7-15/h3,5,9-11,15,19H,1-2,4,6-8,12-14H2,(H2,18,21)/b10-5+. The van der Waals surface area contributed by atoms with Crippen molar-refractivity contribution in [3.05, 3.63) is 24.3 Å². The van der Waals surface area contributed by atoms with Crippen LogP contribution in [0.2, 0.25) is 0 Å². The van der Waals surface area contributed by atoms with Gasteiger partial charge in [-0.2, -0.15) is 0 Å². The second kappa shape index (κ2) is 8.13. The van der Waals surface area contributed by atoms with Crippen LogP contribution in [0.4, 0.5) is 0 Å². The molecule has 0 saturated carbocycles. The minimum atomic E-state index is -0.382. The molecule has 0 radical (unpaired) electrons. The first kappa shape index (κ1) is 16.0. The minimum absolute atomic E-state index is 0.113. The van der Waals surface area contributed by atoms with Gasteiger partial charge in [-0.15, -0.1) is 0 Å². The van der Waals surface area contributed by atoms with E-state index in [1.54, 1.807) is 0 Å². The lowest BCUT2D eigenvalue weighted by Gasteiger charge is -2.28. The molecule has 2 rings (SSSR count). The number of carbonyl (C=O) groups excluding carboxylic acids is 1. The van der Waals surface area contributed by atoms with Crippen LogP contribution in [0.15, 0.2) is 29.3 Å². The van der Waals surface area contributed by atoms with Crippen LogP contribution in [0, 0.1) is 11.3 Å². The van der Waals surface area contributed by atoms with Crippen molar-refractivity contribution in [1.29, 1.82) is 0 Å². The number of primary amides is 1. The summed E-state index contributed by atoms with van der Waals surface area (Å²) in [5.41, 5.74) is 5.11. The van der Waals surface area contributed by atoms with E-state index in [1.807, 2.05) is 18.4 Å². The highest BCUT2D eigenvalue weighted by molar-refractivity contribution is 5.86. The molecule has 1 atom stereocenters. The number of amides is 1. The maximum atomic E-state index is 11.0. The Kier molecular flexibility index (Phi) is 6.18. The highest BCUT2D eigenvalue weighted by Gasteiger charge is 2.24. The molecule has 3 N–H and O–H groups in total. The number of aliphatic imine (C=N–C) groups is 1. The number of dihydropyridines is 1. The average Bonchev–Trinajstić information content (AvgIpc) is 2.52. The van der Waals surface area contributed by atoms with Gasteiger partial charge in [-0.1, -0.05) is 31.4 Å². The molecule has 0 aliphatic carbocycles. The Balaban J connectivity index is 1.78. The third kappa shape index (κ3) is 5.46. The minimum Gasteiger partial charge on any atom is -0.366 e. The van der Waals surface area contributed by atoms with Crippen molar-refractivity contribution in [3.8, 4) is 0 Å². The van der Waals surface area contributed by atoms with E-state index < -0.39 is 0 Å². The molecule has 1 saturated heterocycles. The van der Waals surface area contributed by atoms with Crippen LogP contribution in [0.25, 0.3) is 0 Å². The number of nitrogens with zero attached hydrogens (tertiary/aromatic N) is 1. The van der Waals surface area contributed by atoms with Crippen LogP contribution in [-0.4, -0.2) is 31.8 Å². The lowest BCUT2D eigenvalue weighted by Crippen LogP contribution is -2.27. The molecule has 2 heterocycles. The first-order valence-electron chi connectivity index (χ1n) is 8.07. The van der Waals surface area contributed by atoms with Crippen LogP contribution in [-0.2, 0) is 4.79 Å². The summed E-state index contributed by atoms with van der Waals surface area (Å²) in [6.45, 7) is 3.07. The van der Waals surface area contributed by atoms with Crippen molar-refractivity contribution in [3.63, 3.8) is 0 Å². The third-order valence-electron chi connectivity index (χ3n) is 4.55. The predicted molar refractivity (Wildman–Crippen MR) is 87.3 cm³/mol. The number of carbonyl (C=O) groups is 1. The number of rotatable bonds is 7. The average molecular weight is 289 g/mol. The zero-order valence-corrected chi connectivity index (χ0v) is 12.8. The second-order valence-corrected chi connectivity index (χ2v) is 6.26. The van der Waals surface area contributed by atoms with Crippen LogP contribution in [0.5, 0.6) is 0 Å². The largest absolute Gasteiger partial charge is 0.366 e. The number of hydrogen-bond acceptors (Lipinski definition) is 3. The van der Waals surface area contributed by atoms with E-state index in [9.17, 15) is 4.79 Å². The van der Waals surface area contributed by atoms with Crippen LogP contribution >= 0.6 is 0 Å². The Labute approximate surface area is 127 Å². The van der Waals surface area contributed by atoms with Crippen molar-refractivity contribution in [2.45, 2.75) is 38.5 Å². The Bertz CT molecular complexity index is 422. The fourth-order valence-electron chi connectivity index (χ4n) is 3.23. The smallest absolute Gasteiger partial charge is 0.241 e. The van der Waals surface area contributed by atoms with Gasteiger partial charge >= 0.3 is 0 Å². The highest BCUT2D eigenvalue weighted by Crippen LogP contribution is 2.31. The number of unbranched alkanes of at least 4 members (excludes halogenated alkanes) is 1. The van der Waals surface area contributed by atoms with Crippen molar-refractivity contribution in [1.82, 2.24) is 5.32 Å². The molecule has 4 heteroatoms. The Morgan fingerprint density at radius 2 is 2.19 bits per heavy atom. The highest BCUT2D eigenvalue weighted by atomic mass is 16.1. The van der Waals surface area contributed by atoms with E-state index in [1.165, 1.54) is 51.3 Å². The molecule has 0 bridgehead atoms. The van der Waals surface area contributed by atoms with E-state index in [2.05, 4.69) is 16.4 Å². The number of allylic oxidation sites excluding steroid dienone is 1. The fourth-order valence-corrected chi connectivity index (χ4v) is 3.23. The van der Waals surface area contributed by atoms with Gasteiger partial charge in [-0.05, 0) is 50.4 Å². The number of piperidine rings is 1. The second-order valence-electron chi connectivity index (χ2n) is 6.26. The SMILES string of the molecule is NC(=O)/C=C/C1(CCCCC2CCNCC2)C=CC=NC1. The lowest BCUT2D eigenvalue weighted by molar-refractivity contribution is -0.113. The van der Waals surface area contributed by atoms with Crippen LogP contribution < -0.4 is 11.1 Å². The molecular formula is C17H27N3O.